The first-order chi connectivity index (χ1) is 15.5. The zero-order valence-corrected chi connectivity index (χ0v) is 19.5. The van der Waals surface area contributed by atoms with Crippen LogP contribution in [-0.4, -0.2) is 72.3 Å². The van der Waals surface area contributed by atoms with Crippen molar-refractivity contribution in [2.24, 2.45) is 17.5 Å². The summed E-state index contributed by atoms with van der Waals surface area (Å²) < 4.78 is 7.57. The Hall–Kier alpha value is -2.65. The Morgan fingerprint density at radius 3 is 2.75 bits per heavy atom. The molecule has 9 heteroatoms. The fraction of sp³-hybridized carbons (Fsp3) is 0.609. The van der Waals surface area contributed by atoms with Gasteiger partial charge in [-0.2, -0.15) is 0 Å². The van der Waals surface area contributed by atoms with E-state index in [0.29, 0.717) is 19.7 Å². The molecule has 32 heavy (non-hydrogen) atoms. The summed E-state index contributed by atoms with van der Waals surface area (Å²) in [6.45, 7) is 6.39. The van der Waals surface area contributed by atoms with Gasteiger partial charge in [0.2, 0.25) is 0 Å². The third-order valence-corrected chi connectivity index (χ3v) is 6.18. The van der Waals surface area contributed by atoms with Crippen LogP contribution in [0.5, 0.6) is 0 Å². The van der Waals surface area contributed by atoms with Gasteiger partial charge in [-0.3, -0.25) is 0 Å². The summed E-state index contributed by atoms with van der Waals surface area (Å²) in [6.07, 6.45) is 2.63. The molecule has 9 nitrogen and oxygen atoms in total. The molecule has 3 rings (SSSR count). The van der Waals surface area contributed by atoms with Gasteiger partial charge in [-0.25, -0.2) is 4.99 Å². The highest BCUT2D eigenvalue weighted by molar-refractivity contribution is 5.79. The van der Waals surface area contributed by atoms with Crippen molar-refractivity contribution in [2.45, 2.75) is 32.7 Å². The lowest BCUT2D eigenvalue weighted by atomic mass is 9.84. The molecule has 2 heterocycles. The number of aliphatic hydroxyl groups excluding tert-OH is 1. The van der Waals surface area contributed by atoms with Crippen molar-refractivity contribution in [2.75, 3.05) is 51.4 Å². The molecular formula is C23H37N7O2. The van der Waals surface area contributed by atoms with E-state index in [1.54, 1.807) is 0 Å². The summed E-state index contributed by atoms with van der Waals surface area (Å²) in [5, 5.41) is 24.8. The SMILES string of the molecule is Cc1nnc(CN=C(NCCCN(C)c2ccccc2)NCC2(CCO)CCOC2)n1C. The summed E-state index contributed by atoms with van der Waals surface area (Å²) in [4.78, 5) is 7.00. The van der Waals surface area contributed by atoms with Crippen LogP contribution in [-0.2, 0) is 18.3 Å². The molecule has 176 valence electrons. The van der Waals surface area contributed by atoms with Crippen LogP contribution >= 0.6 is 0 Å². The highest BCUT2D eigenvalue weighted by Gasteiger charge is 2.34. The van der Waals surface area contributed by atoms with E-state index >= 15 is 0 Å². The van der Waals surface area contributed by atoms with Gasteiger partial charge in [-0.1, -0.05) is 18.2 Å². The van der Waals surface area contributed by atoms with Crippen LogP contribution in [0.15, 0.2) is 35.3 Å². The lowest BCUT2D eigenvalue weighted by Crippen LogP contribution is -2.45. The maximum atomic E-state index is 9.51. The van der Waals surface area contributed by atoms with E-state index in [9.17, 15) is 5.11 Å². The Bertz CT molecular complexity index is 847. The van der Waals surface area contributed by atoms with Crippen molar-refractivity contribution >= 4 is 11.6 Å². The van der Waals surface area contributed by atoms with E-state index in [2.05, 4.69) is 57.0 Å². The van der Waals surface area contributed by atoms with Crippen molar-refractivity contribution in [3.8, 4) is 0 Å². The van der Waals surface area contributed by atoms with E-state index in [4.69, 9.17) is 9.73 Å². The Morgan fingerprint density at radius 1 is 1.28 bits per heavy atom. The third kappa shape index (κ3) is 6.67. The first-order valence-electron chi connectivity index (χ1n) is 11.3. The number of hydrogen-bond donors (Lipinski definition) is 3. The fourth-order valence-electron chi connectivity index (χ4n) is 3.83. The molecular weight excluding hydrogens is 406 g/mol. The predicted octanol–water partition coefficient (Wildman–Crippen LogP) is 1.47. The molecule has 2 aromatic rings. The summed E-state index contributed by atoms with van der Waals surface area (Å²) in [6, 6.07) is 10.4. The number of hydrogen-bond acceptors (Lipinski definition) is 6. The Morgan fingerprint density at radius 2 is 2.09 bits per heavy atom. The molecule has 1 unspecified atom stereocenters. The average Bonchev–Trinajstić information content (AvgIpc) is 3.40. The van der Waals surface area contributed by atoms with Crippen molar-refractivity contribution in [3.05, 3.63) is 42.0 Å². The topological polar surface area (TPSA) is 99.8 Å². The molecule has 0 spiro atoms. The van der Waals surface area contributed by atoms with Crippen LogP contribution in [0, 0.1) is 12.3 Å². The number of aliphatic imine (C=N–C) groups is 1. The Balaban J connectivity index is 1.56. The van der Waals surface area contributed by atoms with E-state index in [-0.39, 0.29) is 12.0 Å². The smallest absolute Gasteiger partial charge is 0.191 e. The number of nitrogens with zero attached hydrogens (tertiary/aromatic N) is 5. The molecule has 1 aliphatic heterocycles. The van der Waals surface area contributed by atoms with Gasteiger partial charge < -0.3 is 29.9 Å². The van der Waals surface area contributed by atoms with Crippen molar-refractivity contribution in [3.63, 3.8) is 0 Å². The zero-order valence-electron chi connectivity index (χ0n) is 19.5. The zero-order chi connectivity index (χ0) is 22.8. The fourth-order valence-corrected chi connectivity index (χ4v) is 3.83. The van der Waals surface area contributed by atoms with Gasteiger partial charge in [0.05, 0.1) is 6.61 Å². The summed E-state index contributed by atoms with van der Waals surface area (Å²) in [5.41, 5.74) is 1.16. The van der Waals surface area contributed by atoms with Crippen molar-refractivity contribution in [1.82, 2.24) is 25.4 Å². The first-order valence-corrected chi connectivity index (χ1v) is 11.3. The van der Waals surface area contributed by atoms with Gasteiger partial charge in [0.25, 0.3) is 0 Å². The molecule has 0 aliphatic carbocycles. The van der Waals surface area contributed by atoms with Crippen LogP contribution in [0.1, 0.15) is 30.9 Å². The second-order valence-electron chi connectivity index (χ2n) is 8.55. The Kier molecular flexibility index (Phi) is 8.87. The molecule has 3 N–H and O–H groups in total. The number of ether oxygens (including phenoxy) is 1. The van der Waals surface area contributed by atoms with Crippen molar-refractivity contribution in [1.29, 1.82) is 0 Å². The normalized spacial score (nSPS) is 18.7. The van der Waals surface area contributed by atoms with E-state index < -0.39 is 0 Å². The standard InChI is InChI=1S/C23H37N7O2/c1-19-27-28-21(30(19)3)16-25-22(26-17-23(10-14-31)11-15-32-18-23)24-12-7-13-29(2)20-8-5-4-6-9-20/h4-6,8-9,31H,7,10-18H2,1-3H3,(H2,24,25,26). The second kappa shape index (κ2) is 11.8. The lowest BCUT2D eigenvalue weighted by molar-refractivity contribution is 0.127. The summed E-state index contributed by atoms with van der Waals surface area (Å²) in [7, 11) is 4.06. The predicted molar refractivity (Wildman–Crippen MR) is 127 cm³/mol. The highest BCUT2D eigenvalue weighted by Crippen LogP contribution is 2.31. The van der Waals surface area contributed by atoms with Crippen LogP contribution in [0.3, 0.4) is 0 Å². The number of anilines is 1. The average molecular weight is 444 g/mol. The maximum Gasteiger partial charge on any atom is 0.191 e. The van der Waals surface area contributed by atoms with Gasteiger partial charge in [0, 0.05) is 58.0 Å². The molecule has 1 aliphatic rings. The number of benzene rings is 1. The van der Waals surface area contributed by atoms with Gasteiger partial charge in [-0.15, -0.1) is 10.2 Å². The van der Waals surface area contributed by atoms with Crippen LogP contribution in [0.2, 0.25) is 0 Å². The largest absolute Gasteiger partial charge is 0.396 e. The van der Waals surface area contributed by atoms with Gasteiger partial charge in [0.1, 0.15) is 12.4 Å². The number of aliphatic hydroxyl groups is 1. The first kappa shape index (κ1) is 24.0. The van der Waals surface area contributed by atoms with Gasteiger partial charge in [-0.05, 0) is 38.3 Å². The minimum atomic E-state index is -0.0495. The molecule has 1 saturated heterocycles. The number of aromatic nitrogens is 3. The van der Waals surface area contributed by atoms with Crippen LogP contribution in [0.4, 0.5) is 5.69 Å². The molecule has 0 saturated carbocycles. The number of rotatable bonds is 11. The van der Waals surface area contributed by atoms with Crippen LogP contribution in [0.25, 0.3) is 0 Å². The minimum Gasteiger partial charge on any atom is -0.396 e. The number of para-hydroxylation sites is 1. The van der Waals surface area contributed by atoms with E-state index in [1.165, 1.54) is 5.69 Å². The maximum absolute atomic E-state index is 9.51. The number of nitrogens with one attached hydrogen (secondary N) is 2. The number of guanidine groups is 1. The third-order valence-electron chi connectivity index (χ3n) is 6.18. The minimum absolute atomic E-state index is 0.0495. The van der Waals surface area contributed by atoms with Gasteiger partial charge >= 0.3 is 0 Å². The molecule has 1 aromatic heterocycles. The molecule has 0 radical (unpaired) electrons. The summed E-state index contributed by atoms with van der Waals surface area (Å²) >= 11 is 0. The molecule has 1 atom stereocenters. The molecule has 1 fully saturated rings. The van der Waals surface area contributed by atoms with Crippen molar-refractivity contribution < 1.29 is 9.84 Å². The van der Waals surface area contributed by atoms with Gasteiger partial charge in [0.15, 0.2) is 11.8 Å². The number of aryl methyl sites for hydroxylation is 1. The lowest BCUT2D eigenvalue weighted by Gasteiger charge is -2.28. The second-order valence-corrected chi connectivity index (χ2v) is 8.55. The monoisotopic (exact) mass is 443 g/mol. The molecule has 0 amide bonds. The van der Waals surface area contributed by atoms with Crippen LogP contribution < -0.4 is 15.5 Å². The Labute approximate surface area is 190 Å². The van der Waals surface area contributed by atoms with E-state index in [1.807, 2.05) is 24.6 Å². The highest BCUT2D eigenvalue weighted by atomic mass is 16.5. The molecule has 1 aromatic carbocycles. The molecule has 0 bridgehead atoms. The summed E-state index contributed by atoms with van der Waals surface area (Å²) in [5.74, 6) is 2.44. The van der Waals surface area contributed by atoms with E-state index in [0.717, 1.165) is 56.6 Å². The quantitative estimate of drug-likeness (QED) is 0.275.